The van der Waals surface area contributed by atoms with Crippen molar-refractivity contribution in [3.05, 3.63) is 66.3 Å². The van der Waals surface area contributed by atoms with Gasteiger partial charge in [0, 0.05) is 31.5 Å². The summed E-state index contributed by atoms with van der Waals surface area (Å²) < 4.78 is 55.5. The lowest BCUT2D eigenvalue weighted by molar-refractivity contribution is 0.514. The van der Waals surface area contributed by atoms with Gasteiger partial charge in [-0.05, 0) is 31.2 Å². The Balaban J connectivity index is 1.64. The van der Waals surface area contributed by atoms with E-state index in [4.69, 9.17) is 0 Å². The number of halogens is 2. The average Bonchev–Trinajstić information content (AvgIpc) is 3.12. The number of hydrogen-bond donors (Lipinski definition) is 2. The van der Waals surface area contributed by atoms with Crippen LogP contribution in [0.4, 0.5) is 14.6 Å². The minimum absolute atomic E-state index is 0.0853. The highest BCUT2D eigenvalue weighted by molar-refractivity contribution is 7.89. The van der Waals surface area contributed by atoms with Crippen molar-refractivity contribution in [2.75, 3.05) is 18.4 Å². The first-order valence-corrected chi connectivity index (χ1v) is 9.52. The normalized spacial score (nSPS) is 11.5. The number of hydrogen-bond acceptors (Lipinski definition) is 5. The summed E-state index contributed by atoms with van der Waals surface area (Å²) in [4.78, 5) is 7.56. The van der Waals surface area contributed by atoms with Crippen LogP contribution in [0.1, 0.15) is 5.82 Å². The molecule has 3 aromatic rings. The third-order valence-electron chi connectivity index (χ3n) is 3.60. The average molecular weight is 393 g/mol. The second-order valence-corrected chi connectivity index (χ2v) is 7.33. The minimum Gasteiger partial charge on any atom is -0.369 e. The lowest BCUT2D eigenvalue weighted by Crippen LogP contribution is -2.30. The van der Waals surface area contributed by atoms with Gasteiger partial charge in [-0.3, -0.25) is 0 Å². The van der Waals surface area contributed by atoms with Crippen molar-refractivity contribution in [2.24, 2.45) is 0 Å². The van der Waals surface area contributed by atoms with Gasteiger partial charge in [-0.1, -0.05) is 6.07 Å². The first kappa shape index (κ1) is 18.9. The van der Waals surface area contributed by atoms with Gasteiger partial charge in [0.15, 0.2) is 4.90 Å². The molecule has 0 unspecified atom stereocenters. The van der Waals surface area contributed by atoms with Gasteiger partial charge in [0.25, 0.3) is 0 Å². The molecule has 0 bridgehead atoms. The Bertz CT molecular complexity index is 1020. The molecule has 7 nitrogen and oxygen atoms in total. The molecule has 3 rings (SSSR count). The van der Waals surface area contributed by atoms with Crippen LogP contribution in [0.25, 0.3) is 5.82 Å². The van der Waals surface area contributed by atoms with E-state index in [1.807, 2.05) is 29.1 Å². The van der Waals surface area contributed by atoms with Crippen molar-refractivity contribution >= 4 is 15.8 Å². The SMILES string of the molecule is Cc1nc(NCCNS(=O)(=O)c2c(F)cccc2F)cc(-n2cccc2)n1. The number of benzene rings is 1. The summed E-state index contributed by atoms with van der Waals surface area (Å²) in [7, 11) is -4.30. The number of aromatic nitrogens is 3. The molecule has 2 N–H and O–H groups in total. The highest BCUT2D eigenvalue weighted by Crippen LogP contribution is 2.17. The molecular formula is C17H17F2N5O2S. The van der Waals surface area contributed by atoms with Gasteiger partial charge in [-0.25, -0.2) is 31.9 Å². The third kappa shape index (κ3) is 4.47. The summed E-state index contributed by atoms with van der Waals surface area (Å²) in [6.45, 7) is 1.82. The zero-order valence-corrected chi connectivity index (χ0v) is 15.2. The van der Waals surface area contributed by atoms with Crippen LogP contribution in [0.2, 0.25) is 0 Å². The van der Waals surface area contributed by atoms with Crippen LogP contribution in [0, 0.1) is 18.6 Å². The monoisotopic (exact) mass is 393 g/mol. The van der Waals surface area contributed by atoms with E-state index in [2.05, 4.69) is 20.0 Å². The molecule has 142 valence electrons. The van der Waals surface area contributed by atoms with Gasteiger partial charge in [0.1, 0.15) is 29.1 Å². The predicted octanol–water partition coefficient (Wildman–Crippen LogP) is 2.24. The standard InChI is InChI=1S/C17H17F2N5O2S/c1-12-22-15(11-16(23-12)24-9-2-3-10-24)20-7-8-21-27(25,26)17-13(18)5-4-6-14(17)19/h2-6,9-11,21H,7-8H2,1H3,(H,20,22,23). The lowest BCUT2D eigenvalue weighted by Gasteiger charge is -2.11. The molecular weight excluding hydrogens is 376 g/mol. The van der Waals surface area contributed by atoms with Gasteiger partial charge in [0.2, 0.25) is 10.0 Å². The van der Waals surface area contributed by atoms with Crippen LogP contribution in [-0.4, -0.2) is 36.0 Å². The van der Waals surface area contributed by atoms with E-state index in [0.29, 0.717) is 17.5 Å². The maximum absolute atomic E-state index is 13.6. The second-order valence-electron chi connectivity index (χ2n) is 5.62. The minimum atomic E-state index is -4.30. The highest BCUT2D eigenvalue weighted by atomic mass is 32.2. The summed E-state index contributed by atoms with van der Waals surface area (Å²) in [5.41, 5.74) is 0. The Kier molecular flexibility index (Phi) is 5.47. The summed E-state index contributed by atoms with van der Waals surface area (Å²) in [5, 5.41) is 2.96. The molecule has 0 aliphatic carbocycles. The van der Waals surface area contributed by atoms with Crippen LogP contribution in [-0.2, 0) is 10.0 Å². The molecule has 2 aromatic heterocycles. The molecule has 27 heavy (non-hydrogen) atoms. The fourth-order valence-electron chi connectivity index (χ4n) is 2.45. The van der Waals surface area contributed by atoms with Crippen LogP contribution >= 0.6 is 0 Å². The predicted molar refractivity (Wildman–Crippen MR) is 96.1 cm³/mol. The quantitative estimate of drug-likeness (QED) is 0.601. The largest absolute Gasteiger partial charge is 0.369 e. The smallest absolute Gasteiger partial charge is 0.246 e. The number of sulfonamides is 1. The highest BCUT2D eigenvalue weighted by Gasteiger charge is 2.23. The molecule has 0 spiro atoms. The lowest BCUT2D eigenvalue weighted by atomic mass is 10.3. The van der Waals surface area contributed by atoms with Crippen LogP contribution < -0.4 is 10.0 Å². The molecule has 10 heteroatoms. The molecule has 0 aliphatic heterocycles. The zero-order chi connectivity index (χ0) is 19.4. The van der Waals surface area contributed by atoms with E-state index in [-0.39, 0.29) is 13.1 Å². The summed E-state index contributed by atoms with van der Waals surface area (Å²) in [6.07, 6.45) is 3.67. The first-order valence-electron chi connectivity index (χ1n) is 8.03. The Morgan fingerprint density at radius 3 is 2.37 bits per heavy atom. The van der Waals surface area contributed by atoms with Crippen molar-refractivity contribution in [1.29, 1.82) is 0 Å². The molecule has 0 atom stereocenters. The van der Waals surface area contributed by atoms with Crippen LogP contribution in [0.3, 0.4) is 0 Å². The van der Waals surface area contributed by atoms with Gasteiger partial charge < -0.3 is 9.88 Å². The van der Waals surface area contributed by atoms with E-state index in [0.717, 1.165) is 18.2 Å². The summed E-state index contributed by atoms with van der Waals surface area (Å²) in [6, 6.07) is 8.32. The van der Waals surface area contributed by atoms with Crippen molar-refractivity contribution in [1.82, 2.24) is 19.3 Å². The molecule has 0 fully saturated rings. The van der Waals surface area contributed by atoms with Crippen molar-refractivity contribution in [3.63, 3.8) is 0 Å². The fraction of sp³-hybridized carbons (Fsp3) is 0.176. The zero-order valence-electron chi connectivity index (χ0n) is 14.4. The molecule has 1 aromatic carbocycles. The first-order chi connectivity index (χ1) is 12.9. The number of anilines is 1. The Morgan fingerprint density at radius 2 is 1.70 bits per heavy atom. The van der Waals surface area contributed by atoms with E-state index in [1.54, 1.807) is 13.0 Å². The van der Waals surface area contributed by atoms with Crippen LogP contribution in [0.15, 0.2) is 53.7 Å². The van der Waals surface area contributed by atoms with Crippen molar-refractivity contribution in [2.45, 2.75) is 11.8 Å². The number of nitrogens with zero attached hydrogens (tertiary/aromatic N) is 3. The van der Waals surface area contributed by atoms with E-state index < -0.39 is 26.6 Å². The Hall–Kier alpha value is -2.85. The Labute approximate surface area is 155 Å². The molecule has 0 aliphatic rings. The summed E-state index contributed by atoms with van der Waals surface area (Å²) >= 11 is 0. The maximum Gasteiger partial charge on any atom is 0.246 e. The van der Waals surface area contributed by atoms with Gasteiger partial charge in [-0.2, -0.15) is 0 Å². The molecule has 0 saturated heterocycles. The van der Waals surface area contributed by atoms with Crippen molar-refractivity contribution in [3.8, 4) is 5.82 Å². The molecule has 0 amide bonds. The summed E-state index contributed by atoms with van der Waals surface area (Å²) in [5.74, 6) is -0.583. The number of rotatable bonds is 7. The third-order valence-corrected chi connectivity index (χ3v) is 5.12. The van der Waals surface area contributed by atoms with E-state index in [1.165, 1.54) is 0 Å². The topological polar surface area (TPSA) is 88.9 Å². The Morgan fingerprint density at radius 1 is 1.04 bits per heavy atom. The van der Waals surface area contributed by atoms with Gasteiger partial charge in [-0.15, -0.1) is 0 Å². The van der Waals surface area contributed by atoms with Crippen LogP contribution in [0.5, 0.6) is 0 Å². The van der Waals surface area contributed by atoms with E-state index >= 15 is 0 Å². The second kappa shape index (κ2) is 7.80. The fourth-order valence-corrected chi connectivity index (χ4v) is 3.61. The van der Waals surface area contributed by atoms with Gasteiger partial charge >= 0.3 is 0 Å². The maximum atomic E-state index is 13.6. The van der Waals surface area contributed by atoms with E-state index in [9.17, 15) is 17.2 Å². The van der Waals surface area contributed by atoms with Gasteiger partial charge in [0.05, 0.1) is 0 Å². The number of aryl methyl sites for hydroxylation is 1. The molecule has 0 saturated carbocycles. The molecule has 2 heterocycles. The molecule has 0 radical (unpaired) electrons. The van der Waals surface area contributed by atoms with Crippen molar-refractivity contribution < 1.29 is 17.2 Å². The number of nitrogens with one attached hydrogen (secondary N) is 2.